The molecule has 0 saturated carbocycles. The van der Waals surface area contributed by atoms with Crippen LogP contribution in [0.25, 0.3) is 0 Å². The van der Waals surface area contributed by atoms with E-state index in [-0.39, 0.29) is 23.0 Å². The van der Waals surface area contributed by atoms with Crippen molar-refractivity contribution in [2.75, 3.05) is 24.5 Å². The maximum absolute atomic E-state index is 13.1. The molecule has 0 N–H and O–H groups in total. The number of amides is 2. The molecule has 4 rings (SSSR count). The van der Waals surface area contributed by atoms with Crippen molar-refractivity contribution in [1.29, 1.82) is 0 Å². The summed E-state index contributed by atoms with van der Waals surface area (Å²) in [4.78, 5) is 32.6. The first-order valence-corrected chi connectivity index (χ1v) is 8.32. The number of aromatic nitrogens is 1. The Morgan fingerprint density at radius 1 is 1.16 bits per heavy atom. The van der Waals surface area contributed by atoms with Crippen molar-refractivity contribution < 1.29 is 14.0 Å². The fourth-order valence-electron chi connectivity index (χ4n) is 3.81. The number of halogens is 1. The van der Waals surface area contributed by atoms with Crippen molar-refractivity contribution in [3.05, 3.63) is 60.2 Å². The molecule has 0 radical (unpaired) electrons. The zero-order valence-electron chi connectivity index (χ0n) is 13.7. The standard InChI is InChI=1S/C19H18FN3O2/c20-15-3-5-16(6-4-15)23-13-19(10-17(23)24)7-9-22(12-19)18(25)14-2-1-8-21-11-14/h1-6,8,11H,7,9-10,12-13H2/t19-/m0/s1. The summed E-state index contributed by atoms with van der Waals surface area (Å²) < 4.78 is 13.1. The second-order valence-electron chi connectivity index (χ2n) is 6.85. The van der Waals surface area contributed by atoms with Crippen molar-refractivity contribution >= 4 is 17.5 Å². The van der Waals surface area contributed by atoms with E-state index in [1.807, 2.05) is 0 Å². The van der Waals surface area contributed by atoms with E-state index in [2.05, 4.69) is 4.98 Å². The first-order chi connectivity index (χ1) is 12.1. The number of anilines is 1. The molecule has 2 amide bonds. The molecule has 25 heavy (non-hydrogen) atoms. The Bertz CT molecular complexity index is 809. The first kappa shape index (κ1) is 15.7. The SMILES string of the molecule is O=C(c1cccnc1)N1CC[C@]2(CC(=O)N(c3ccc(F)cc3)C2)C1. The summed E-state index contributed by atoms with van der Waals surface area (Å²) in [5.74, 6) is -0.334. The Kier molecular flexibility index (Phi) is 3.75. The smallest absolute Gasteiger partial charge is 0.255 e. The molecule has 2 aliphatic rings. The van der Waals surface area contributed by atoms with Crippen LogP contribution in [0.1, 0.15) is 23.2 Å². The largest absolute Gasteiger partial charge is 0.338 e. The van der Waals surface area contributed by atoms with Crippen LogP contribution in [0.4, 0.5) is 10.1 Å². The van der Waals surface area contributed by atoms with Crippen LogP contribution in [0, 0.1) is 11.2 Å². The zero-order valence-corrected chi connectivity index (χ0v) is 13.7. The lowest BCUT2D eigenvalue weighted by atomic mass is 9.86. The summed E-state index contributed by atoms with van der Waals surface area (Å²) in [6.45, 7) is 1.76. The quantitative estimate of drug-likeness (QED) is 0.845. The van der Waals surface area contributed by atoms with Gasteiger partial charge in [-0.1, -0.05) is 0 Å². The predicted octanol–water partition coefficient (Wildman–Crippen LogP) is 2.49. The van der Waals surface area contributed by atoms with Crippen molar-refractivity contribution in [1.82, 2.24) is 9.88 Å². The summed E-state index contributed by atoms with van der Waals surface area (Å²) >= 11 is 0. The highest BCUT2D eigenvalue weighted by atomic mass is 19.1. The minimum atomic E-state index is -0.320. The molecule has 2 saturated heterocycles. The molecule has 6 heteroatoms. The molecule has 2 aliphatic heterocycles. The number of carbonyl (C=O) groups excluding carboxylic acids is 2. The summed E-state index contributed by atoms with van der Waals surface area (Å²) in [5, 5.41) is 0. The van der Waals surface area contributed by atoms with Crippen LogP contribution < -0.4 is 4.90 Å². The van der Waals surface area contributed by atoms with Gasteiger partial charge in [0.1, 0.15) is 5.82 Å². The van der Waals surface area contributed by atoms with Crippen molar-refractivity contribution in [2.24, 2.45) is 5.41 Å². The third-order valence-corrected chi connectivity index (χ3v) is 5.09. The van der Waals surface area contributed by atoms with Gasteiger partial charge in [-0.3, -0.25) is 14.6 Å². The maximum atomic E-state index is 13.1. The molecule has 0 unspecified atom stereocenters. The topological polar surface area (TPSA) is 53.5 Å². The molecule has 0 bridgehead atoms. The lowest BCUT2D eigenvalue weighted by Crippen LogP contribution is -2.34. The molecular weight excluding hydrogens is 321 g/mol. The molecule has 3 heterocycles. The van der Waals surface area contributed by atoms with E-state index in [0.29, 0.717) is 37.3 Å². The number of carbonyl (C=O) groups is 2. The van der Waals surface area contributed by atoms with E-state index in [9.17, 15) is 14.0 Å². The molecule has 1 atom stereocenters. The van der Waals surface area contributed by atoms with Crippen LogP contribution in [0.3, 0.4) is 0 Å². The van der Waals surface area contributed by atoms with Crippen molar-refractivity contribution in [2.45, 2.75) is 12.8 Å². The summed E-state index contributed by atoms with van der Waals surface area (Å²) in [6.07, 6.45) is 4.42. The highest BCUT2D eigenvalue weighted by Crippen LogP contribution is 2.42. The van der Waals surface area contributed by atoms with E-state index >= 15 is 0 Å². The minimum absolute atomic E-state index is 0.0299. The highest BCUT2D eigenvalue weighted by Gasteiger charge is 2.48. The van der Waals surface area contributed by atoms with Crippen LogP contribution >= 0.6 is 0 Å². The fourth-order valence-corrected chi connectivity index (χ4v) is 3.81. The number of pyridine rings is 1. The van der Waals surface area contributed by atoms with E-state index < -0.39 is 0 Å². The fraction of sp³-hybridized carbons (Fsp3) is 0.316. The van der Waals surface area contributed by atoms with Gasteiger partial charge < -0.3 is 9.80 Å². The first-order valence-electron chi connectivity index (χ1n) is 8.32. The molecule has 2 fully saturated rings. The second-order valence-corrected chi connectivity index (χ2v) is 6.85. The van der Waals surface area contributed by atoms with E-state index in [1.165, 1.54) is 12.1 Å². The molecule has 2 aromatic rings. The average molecular weight is 339 g/mol. The zero-order chi connectivity index (χ0) is 17.4. The molecule has 1 aromatic heterocycles. The number of benzene rings is 1. The number of nitrogens with zero attached hydrogens (tertiary/aromatic N) is 3. The van der Waals surface area contributed by atoms with Gasteiger partial charge in [-0.2, -0.15) is 0 Å². The van der Waals surface area contributed by atoms with Gasteiger partial charge in [-0.25, -0.2) is 4.39 Å². The van der Waals surface area contributed by atoms with Gasteiger partial charge in [0.15, 0.2) is 0 Å². The Balaban J connectivity index is 1.50. The van der Waals surface area contributed by atoms with Crippen LogP contribution in [-0.4, -0.2) is 41.3 Å². The molecular formula is C19H18FN3O2. The van der Waals surface area contributed by atoms with Gasteiger partial charge in [-0.05, 0) is 42.8 Å². The third kappa shape index (κ3) is 2.88. The van der Waals surface area contributed by atoms with Gasteiger partial charge in [0.05, 0.1) is 5.56 Å². The number of rotatable bonds is 2. The monoisotopic (exact) mass is 339 g/mol. The van der Waals surface area contributed by atoms with E-state index in [1.54, 1.807) is 46.5 Å². The number of likely N-dealkylation sites (tertiary alicyclic amines) is 1. The molecule has 0 aliphatic carbocycles. The highest BCUT2D eigenvalue weighted by molar-refractivity contribution is 5.97. The average Bonchev–Trinajstić information content (AvgIpc) is 3.19. The number of hydrogen-bond donors (Lipinski definition) is 0. The summed E-state index contributed by atoms with van der Waals surface area (Å²) in [5.41, 5.74) is 1.06. The van der Waals surface area contributed by atoms with Crippen LogP contribution in [0.5, 0.6) is 0 Å². The van der Waals surface area contributed by atoms with E-state index in [4.69, 9.17) is 0 Å². The maximum Gasteiger partial charge on any atom is 0.255 e. The van der Waals surface area contributed by atoms with Crippen molar-refractivity contribution in [3.8, 4) is 0 Å². The Morgan fingerprint density at radius 3 is 2.68 bits per heavy atom. The van der Waals surface area contributed by atoms with Gasteiger partial charge in [0.2, 0.25) is 5.91 Å². The summed E-state index contributed by atoms with van der Waals surface area (Å²) in [6, 6.07) is 9.47. The Labute approximate surface area is 145 Å². The van der Waals surface area contributed by atoms with E-state index in [0.717, 1.165) is 6.42 Å². The lowest BCUT2D eigenvalue weighted by Gasteiger charge is -2.24. The summed E-state index contributed by atoms with van der Waals surface area (Å²) in [7, 11) is 0. The predicted molar refractivity (Wildman–Crippen MR) is 90.6 cm³/mol. The lowest BCUT2D eigenvalue weighted by molar-refractivity contribution is -0.117. The van der Waals surface area contributed by atoms with Gasteiger partial charge in [0.25, 0.3) is 5.91 Å². The van der Waals surface area contributed by atoms with Gasteiger partial charge >= 0.3 is 0 Å². The minimum Gasteiger partial charge on any atom is -0.338 e. The molecule has 1 spiro atoms. The van der Waals surface area contributed by atoms with Gasteiger partial charge in [-0.15, -0.1) is 0 Å². The van der Waals surface area contributed by atoms with Crippen molar-refractivity contribution in [3.63, 3.8) is 0 Å². The third-order valence-electron chi connectivity index (χ3n) is 5.09. The number of hydrogen-bond acceptors (Lipinski definition) is 3. The van der Waals surface area contributed by atoms with Crippen LogP contribution in [-0.2, 0) is 4.79 Å². The molecule has 1 aromatic carbocycles. The molecule has 5 nitrogen and oxygen atoms in total. The van der Waals surface area contributed by atoms with Crippen LogP contribution in [0.2, 0.25) is 0 Å². The van der Waals surface area contributed by atoms with Crippen LogP contribution in [0.15, 0.2) is 48.8 Å². The normalized spacial score (nSPS) is 22.8. The Hall–Kier alpha value is -2.76. The second kappa shape index (κ2) is 5.95. The molecule has 128 valence electrons. The Morgan fingerprint density at radius 2 is 1.96 bits per heavy atom. The van der Waals surface area contributed by atoms with Gasteiger partial charge in [0, 0.05) is 49.6 Å².